The number of aromatic nitrogens is 1. The third-order valence-electron chi connectivity index (χ3n) is 5.46. The summed E-state index contributed by atoms with van der Waals surface area (Å²) in [5.74, 6) is 0.652. The maximum atomic E-state index is 13.5. The molecule has 28 heavy (non-hydrogen) atoms. The predicted octanol–water partition coefficient (Wildman–Crippen LogP) is 5.27. The van der Waals surface area contributed by atoms with Crippen LogP contribution in [0.5, 0.6) is 0 Å². The molecule has 2 heterocycles. The van der Waals surface area contributed by atoms with Gasteiger partial charge in [-0.15, -0.1) is 0 Å². The van der Waals surface area contributed by atoms with Gasteiger partial charge in [0.05, 0.1) is 16.1 Å². The van der Waals surface area contributed by atoms with Crippen LogP contribution in [0.25, 0.3) is 10.9 Å². The van der Waals surface area contributed by atoms with E-state index in [-0.39, 0.29) is 9.79 Å². The van der Waals surface area contributed by atoms with Gasteiger partial charge in [-0.05, 0) is 56.0 Å². The molecule has 0 amide bonds. The third-order valence-corrected chi connectivity index (χ3v) is 7.44. The first-order valence-corrected chi connectivity index (χ1v) is 11.4. The lowest BCUT2D eigenvalue weighted by Gasteiger charge is -2.34. The van der Waals surface area contributed by atoms with Gasteiger partial charge in [0.1, 0.15) is 4.90 Å². The molecule has 2 aromatic carbocycles. The van der Waals surface area contributed by atoms with Crippen LogP contribution >= 0.6 is 11.6 Å². The van der Waals surface area contributed by atoms with E-state index in [1.54, 1.807) is 18.2 Å². The molecular weight excluding hydrogens is 392 g/mol. The van der Waals surface area contributed by atoms with Crippen LogP contribution in [0.15, 0.2) is 58.5 Å². The average molecular weight is 415 g/mol. The molecule has 0 spiro atoms. The largest absolute Gasteiger partial charge is 0.370 e. The van der Waals surface area contributed by atoms with Gasteiger partial charge in [-0.25, -0.2) is 8.42 Å². The molecule has 4 rings (SSSR count). The zero-order chi connectivity index (χ0) is 19.9. The van der Waals surface area contributed by atoms with E-state index in [0.29, 0.717) is 10.9 Å². The summed E-state index contributed by atoms with van der Waals surface area (Å²) in [6, 6.07) is 12.4. The lowest BCUT2D eigenvalue weighted by molar-refractivity contribution is 0.437. The maximum absolute atomic E-state index is 13.5. The molecule has 4 nitrogen and oxygen atoms in total. The van der Waals surface area contributed by atoms with Gasteiger partial charge in [-0.3, -0.25) is 4.98 Å². The van der Waals surface area contributed by atoms with E-state index in [9.17, 15) is 8.42 Å². The van der Waals surface area contributed by atoms with Crippen LogP contribution in [0.4, 0.5) is 5.69 Å². The number of sulfone groups is 1. The number of halogens is 1. The van der Waals surface area contributed by atoms with E-state index < -0.39 is 9.84 Å². The zero-order valence-corrected chi connectivity index (χ0v) is 17.6. The molecule has 6 heteroatoms. The molecule has 0 unspecified atom stereocenters. The molecule has 1 saturated heterocycles. The molecule has 1 aromatic heterocycles. The predicted molar refractivity (Wildman–Crippen MR) is 114 cm³/mol. The summed E-state index contributed by atoms with van der Waals surface area (Å²) in [4.78, 5) is 7.12. The third kappa shape index (κ3) is 3.49. The SMILES string of the molecule is Cc1ccc2ncc(S(=O)(=O)c3cccc(Cl)c3)c(N3CCC(C)CC3)c2c1. The molecule has 146 valence electrons. The standard InChI is InChI=1S/C22H23ClN2O2S/c1-15-8-10-25(11-9-15)22-19-12-16(2)6-7-20(19)24-14-21(22)28(26,27)18-5-3-4-17(23)13-18/h3-7,12-15H,8-11H2,1-2H3. The Morgan fingerprint density at radius 1 is 1.11 bits per heavy atom. The van der Waals surface area contributed by atoms with E-state index in [2.05, 4.69) is 16.8 Å². The second-order valence-corrected chi connectivity index (χ2v) is 9.98. The minimum absolute atomic E-state index is 0.195. The monoisotopic (exact) mass is 414 g/mol. The minimum atomic E-state index is -3.75. The zero-order valence-electron chi connectivity index (χ0n) is 16.0. The van der Waals surface area contributed by atoms with Gasteiger partial charge in [0.25, 0.3) is 0 Å². The van der Waals surface area contributed by atoms with Crippen molar-refractivity contribution in [3.8, 4) is 0 Å². The second-order valence-electron chi connectivity index (χ2n) is 7.62. The number of anilines is 1. The molecule has 0 bridgehead atoms. The van der Waals surface area contributed by atoms with Crippen LogP contribution in [-0.2, 0) is 9.84 Å². The van der Waals surface area contributed by atoms with E-state index in [4.69, 9.17) is 11.6 Å². The lowest BCUT2D eigenvalue weighted by Crippen LogP contribution is -2.34. The Labute approximate surface area is 171 Å². The Hall–Kier alpha value is -2.11. The van der Waals surface area contributed by atoms with Gasteiger partial charge in [-0.2, -0.15) is 0 Å². The van der Waals surface area contributed by atoms with Gasteiger partial charge in [-0.1, -0.05) is 36.2 Å². The van der Waals surface area contributed by atoms with Crippen LogP contribution in [0.1, 0.15) is 25.3 Å². The van der Waals surface area contributed by atoms with Gasteiger partial charge in [0.15, 0.2) is 0 Å². The van der Waals surface area contributed by atoms with Crippen LogP contribution in [-0.4, -0.2) is 26.5 Å². The number of fused-ring (bicyclic) bond motifs is 1. The van der Waals surface area contributed by atoms with Crippen molar-refractivity contribution in [2.24, 2.45) is 5.92 Å². The fourth-order valence-corrected chi connectivity index (χ4v) is 5.52. The van der Waals surface area contributed by atoms with Crippen LogP contribution in [0.3, 0.4) is 0 Å². The van der Waals surface area contributed by atoms with Gasteiger partial charge < -0.3 is 4.90 Å². The van der Waals surface area contributed by atoms with Crippen molar-refractivity contribution in [3.05, 3.63) is 59.2 Å². The first kappa shape index (κ1) is 19.2. The van der Waals surface area contributed by atoms with E-state index in [0.717, 1.165) is 48.1 Å². The smallest absolute Gasteiger partial charge is 0.210 e. The summed E-state index contributed by atoms with van der Waals surface area (Å²) < 4.78 is 27.0. The summed E-state index contributed by atoms with van der Waals surface area (Å²) >= 11 is 6.07. The Morgan fingerprint density at radius 3 is 2.57 bits per heavy atom. The van der Waals surface area contributed by atoms with Gasteiger partial charge >= 0.3 is 0 Å². The number of aryl methyl sites for hydroxylation is 1. The van der Waals surface area contributed by atoms with Crippen molar-refractivity contribution in [2.45, 2.75) is 36.5 Å². The normalized spacial score (nSPS) is 15.9. The first-order chi connectivity index (χ1) is 13.4. The lowest BCUT2D eigenvalue weighted by atomic mass is 9.98. The second kappa shape index (κ2) is 7.37. The van der Waals surface area contributed by atoms with Crippen molar-refractivity contribution in [1.82, 2.24) is 4.98 Å². The summed E-state index contributed by atoms with van der Waals surface area (Å²) in [7, 11) is -3.75. The minimum Gasteiger partial charge on any atom is -0.370 e. The van der Waals surface area contributed by atoms with Gasteiger partial charge in [0, 0.05) is 29.7 Å². The molecule has 0 atom stereocenters. The maximum Gasteiger partial charge on any atom is 0.210 e. The molecule has 0 aliphatic carbocycles. The fourth-order valence-electron chi connectivity index (χ4n) is 3.79. The highest BCUT2D eigenvalue weighted by molar-refractivity contribution is 7.91. The van der Waals surface area contributed by atoms with Crippen LogP contribution < -0.4 is 4.90 Å². The number of benzene rings is 2. The topological polar surface area (TPSA) is 50.3 Å². The molecule has 0 saturated carbocycles. The van der Waals surface area contributed by atoms with E-state index in [1.165, 1.54) is 12.3 Å². The molecule has 3 aromatic rings. The average Bonchev–Trinajstić information content (AvgIpc) is 2.68. The van der Waals surface area contributed by atoms with Crippen molar-refractivity contribution >= 4 is 38.0 Å². The molecule has 1 aliphatic rings. The molecule has 0 radical (unpaired) electrons. The number of hydrogen-bond acceptors (Lipinski definition) is 4. The number of hydrogen-bond donors (Lipinski definition) is 0. The highest BCUT2D eigenvalue weighted by atomic mass is 35.5. The number of rotatable bonds is 3. The van der Waals surface area contributed by atoms with E-state index in [1.807, 2.05) is 25.1 Å². The van der Waals surface area contributed by atoms with E-state index >= 15 is 0 Å². The molecule has 1 fully saturated rings. The molecule has 1 aliphatic heterocycles. The molecule has 0 N–H and O–H groups in total. The number of pyridine rings is 1. The van der Waals surface area contributed by atoms with Gasteiger partial charge in [0.2, 0.25) is 9.84 Å². The molecular formula is C22H23ClN2O2S. The summed E-state index contributed by atoms with van der Waals surface area (Å²) in [5, 5.41) is 1.29. The van der Waals surface area contributed by atoms with Crippen LogP contribution in [0, 0.1) is 12.8 Å². The Kier molecular flexibility index (Phi) is 5.06. The summed E-state index contributed by atoms with van der Waals surface area (Å²) in [6.45, 7) is 5.94. The Morgan fingerprint density at radius 2 is 1.86 bits per heavy atom. The first-order valence-electron chi connectivity index (χ1n) is 9.51. The van der Waals surface area contributed by atoms with Crippen molar-refractivity contribution in [3.63, 3.8) is 0 Å². The Bertz CT molecular complexity index is 1140. The number of piperidine rings is 1. The quantitative estimate of drug-likeness (QED) is 0.586. The highest BCUT2D eigenvalue weighted by Crippen LogP contribution is 2.38. The van der Waals surface area contributed by atoms with Crippen LogP contribution in [0.2, 0.25) is 5.02 Å². The summed E-state index contributed by atoms with van der Waals surface area (Å²) in [6.07, 6.45) is 3.60. The van der Waals surface area contributed by atoms with Crippen molar-refractivity contribution in [1.29, 1.82) is 0 Å². The Balaban J connectivity index is 1.96. The fraction of sp³-hybridized carbons (Fsp3) is 0.318. The number of nitrogens with zero attached hydrogens (tertiary/aromatic N) is 2. The highest BCUT2D eigenvalue weighted by Gasteiger charge is 2.28. The van der Waals surface area contributed by atoms with Crippen molar-refractivity contribution < 1.29 is 8.42 Å². The van der Waals surface area contributed by atoms with Crippen molar-refractivity contribution in [2.75, 3.05) is 18.0 Å². The summed E-state index contributed by atoms with van der Waals surface area (Å²) in [5.41, 5.74) is 2.66.